The summed E-state index contributed by atoms with van der Waals surface area (Å²) in [5, 5.41) is 10.5. The number of hydrogen-bond acceptors (Lipinski definition) is 5. The van der Waals surface area contributed by atoms with Crippen LogP contribution in [0.4, 0.5) is 0 Å². The molecule has 0 heterocycles. The molecule has 0 spiro atoms. The Labute approximate surface area is 275 Å². The lowest BCUT2D eigenvalue weighted by atomic mass is 9.98. The van der Waals surface area contributed by atoms with Crippen LogP contribution in [0, 0.1) is 18.3 Å². The molecule has 0 fully saturated rings. The molecule has 0 radical (unpaired) electrons. The third-order valence-electron chi connectivity index (χ3n) is 6.43. The van der Waals surface area contributed by atoms with E-state index in [1.54, 1.807) is 11.8 Å². The average Bonchev–Trinajstić information content (AvgIpc) is 3.09. The molecule has 0 aliphatic heterocycles. The fourth-order valence-corrected chi connectivity index (χ4v) is 4.58. The van der Waals surface area contributed by atoms with Gasteiger partial charge in [-0.25, -0.2) is 0 Å². The van der Waals surface area contributed by atoms with E-state index in [-0.39, 0.29) is 0 Å². The summed E-state index contributed by atoms with van der Waals surface area (Å²) in [4.78, 5) is 4.48. The van der Waals surface area contributed by atoms with E-state index in [2.05, 4.69) is 56.7 Å². The second-order valence-electron chi connectivity index (χ2n) is 9.79. The number of rotatable bonds is 10. The number of ether oxygens (including phenoxy) is 2. The Morgan fingerprint density at radius 2 is 1.42 bits per heavy atom. The van der Waals surface area contributed by atoms with Gasteiger partial charge in [0.15, 0.2) is 0 Å². The topological polar surface area (TPSA) is 54.6 Å². The Balaban J connectivity index is 0.000000239. The maximum Gasteiger partial charge on any atom is 0.133 e. The SMILES string of the molecule is CC.CSCOc1ccc(OCc2ccc(P)cc2)cc1.Cc1ccc(-c2ccc(C=NCc3ccccc3)cc2)c(C#N)c1. The summed E-state index contributed by atoms with van der Waals surface area (Å²) in [5.74, 6) is 2.39. The lowest BCUT2D eigenvalue weighted by molar-refractivity contribution is 0.305. The van der Waals surface area contributed by atoms with Crippen molar-refractivity contribution in [3.8, 4) is 28.7 Å². The van der Waals surface area contributed by atoms with Crippen LogP contribution in [0.2, 0.25) is 0 Å². The van der Waals surface area contributed by atoms with E-state index < -0.39 is 0 Å². The minimum Gasteiger partial charge on any atom is -0.489 e. The quantitative estimate of drug-likeness (QED) is 0.0874. The normalized spacial score (nSPS) is 10.1. The first-order valence-corrected chi connectivity index (χ1v) is 16.8. The van der Waals surface area contributed by atoms with Crippen molar-refractivity contribution in [1.29, 1.82) is 5.26 Å². The van der Waals surface area contributed by atoms with E-state index in [1.165, 1.54) is 10.9 Å². The second-order valence-corrected chi connectivity index (χ2v) is 11.3. The Morgan fingerprint density at radius 3 is 2.04 bits per heavy atom. The van der Waals surface area contributed by atoms with Gasteiger partial charge in [-0.2, -0.15) is 5.26 Å². The molecule has 0 amide bonds. The molecule has 0 aromatic heterocycles. The molecule has 5 aromatic carbocycles. The van der Waals surface area contributed by atoms with Gasteiger partial charge in [0, 0.05) is 6.21 Å². The Hall–Kier alpha value is -4.36. The highest BCUT2D eigenvalue weighted by Crippen LogP contribution is 2.24. The maximum atomic E-state index is 9.31. The molecule has 0 saturated carbocycles. The highest BCUT2D eigenvalue weighted by atomic mass is 32.2. The first-order valence-electron chi connectivity index (χ1n) is 14.9. The zero-order valence-corrected chi connectivity index (χ0v) is 28.4. The van der Waals surface area contributed by atoms with Crippen molar-refractivity contribution in [2.24, 2.45) is 4.99 Å². The number of benzene rings is 5. The summed E-state index contributed by atoms with van der Waals surface area (Å²) < 4.78 is 11.2. The van der Waals surface area contributed by atoms with E-state index >= 15 is 0 Å². The number of aryl methyl sites for hydroxylation is 1. The first kappa shape index (κ1) is 35.1. The summed E-state index contributed by atoms with van der Waals surface area (Å²) in [7, 11) is 2.67. The zero-order valence-electron chi connectivity index (χ0n) is 26.4. The maximum absolute atomic E-state index is 9.31. The van der Waals surface area contributed by atoms with Crippen LogP contribution in [0.1, 0.15) is 41.7 Å². The second kappa shape index (κ2) is 19.8. The summed E-state index contributed by atoms with van der Waals surface area (Å²) >= 11 is 1.65. The van der Waals surface area contributed by atoms with Crippen molar-refractivity contribution in [3.05, 3.63) is 149 Å². The van der Waals surface area contributed by atoms with Crippen molar-refractivity contribution < 1.29 is 9.47 Å². The van der Waals surface area contributed by atoms with Crippen LogP contribution in [-0.4, -0.2) is 18.4 Å². The molecule has 5 aromatic rings. The van der Waals surface area contributed by atoms with Gasteiger partial charge in [-0.05, 0) is 82.2 Å². The minimum atomic E-state index is 0.579. The van der Waals surface area contributed by atoms with Crippen LogP contribution in [-0.2, 0) is 13.2 Å². The Morgan fingerprint density at radius 1 is 0.778 bits per heavy atom. The van der Waals surface area contributed by atoms with Gasteiger partial charge < -0.3 is 9.47 Å². The van der Waals surface area contributed by atoms with Crippen molar-refractivity contribution in [3.63, 3.8) is 0 Å². The molecule has 4 nitrogen and oxygen atoms in total. The molecule has 0 N–H and O–H groups in total. The molecule has 5 rings (SSSR count). The molecular weight excluding hydrogens is 591 g/mol. The monoisotopic (exact) mass is 632 g/mol. The van der Waals surface area contributed by atoms with Gasteiger partial charge in [-0.1, -0.05) is 105 Å². The van der Waals surface area contributed by atoms with Crippen molar-refractivity contribution in [2.75, 3.05) is 12.2 Å². The van der Waals surface area contributed by atoms with E-state index in [1.807, 2.05) is 118 Å². The summed E-state index contributed by atoms with van der Waals surface area (Å²) in [6.45, 7) is 7.26. The average molecular weight is 633 g/mol. The van der Waals surface area contributed by atoms with Gasteiger partial charge in [0.2, 0.25) is 0 Å². The van der Waals surface area contributed by atoms with Crippen LogP contribution in [0.15, 0.2) is 126 Å². The predicted octanol–water partition coefficient (Wildman–Crippen LogP) is 9.64. The van der Waals surface area contributed by atoms with Crippen LogP contribution in [0.25, 0.3) is 11.1 Å². The number of aliphatic imine (C=N–C) groups is 1. The third-order valence-corrected chi connectivity index (χ3v) is 7.17. The molecule has 0 aliphatic carbocycles. The van der Waals surface area contributed by atoms with E-state index in [9.17, 15) is 5.26 Å². The minimum absolute atomic E-state index is 0.579. The number of hydrogen-bond donors (Lipinski definition) is 0. The van der Waals surface area contributed by atoms with E-state index in [0.29, 0.717) is 24.7 Å². The molecule has 1 unspecified atom stereocenters. The smallest absolute Gasteiger partial charge is 0.133 e. The van der Waals surface area contributed by atoms with Crippen LogP contribution < -0.4 is 14.8 Å². The van der Waals surface area contributed by atoms with Crippen molar-refractivity contribution >= 4 is 32.5 Å². The molecule has 6 heteroatoms. The van der Waals surface area contributed by atoms with Gasteiger partial charge in [-0.15, -0.1) is 21.0 Å². The fourth-order valence-electron chi connectivity index (χ4n) is 4.13. The van der Waals surface area contributed by atoms with Gasteiger partial charge in [-0.3, -0.25) is 4.99 Å². The largest absolute Gasteiger partial charge is 0.489 e. The standard InChI is InChI=1S/C22H18N2.C15H17O2PS.C2H6/c1-17-7-12-22(21(13-17)14-23)20-10-8-19(9-11-20)16-24-15-18-5-3-2-4-6-18;1-19-11-17-14-6-4-13(5-7-14)16-10-12-2-8-15(18)9-3-12;1-2/h2-13,16H,15H2,1H3;2-9H,10-11,18H2,1H3;1-2H3. The van der Waals surface area contributed by atoms with Gasteiger partial charge in [0.05, 0.1) is 18.2 Å². The number of thioether (sulfide) groups is 1. The van der Waals surface area contributed by atoms with Crippen LogP contribution >= 0.6 is 21.0 Å². The van der Waals surface area contributed by atoms with Gasteiger partial charge in [0.1, 0.15) is 24.0 Å². The van der Waals surface area contributed by atoms with Crippen LogP contribution in [0.3, 0.4) is 0 Å². The molecule has 0 aliphatic rings. The highest BCUT2D eigenvalue weighted by molar-refractivity contribution is 7.98. The fraction of sp³-hybridized carbons (Fsp3) is 0.179. The first-order chi connectivity index (χ1) is 22.0. The molecular formula is C39H41N2O2PS. The lowest BCUT2D eigenvalue weighted by Gasteiger charge is -2.08. The molecule has 0 bridgehead atoms. The third kappa shape index (κ3) is 12.3. The summed E-state index contributed by atoms with van der Waals surface area (Å²) in [6, 6.07) is 42.5. The summed E-state index contributed by atoms with van der Waals surface area (Å²) in [6.07, 6.45) is 3.90. The molecule has 1 atom stereocenters. The summed E-state index contributed by atoms with van der Waals surface area (Å²) in [5.41, 5.74) is 7.24. The molecule has 230 valence electrons. The Bertz CT molecular complexity index is 1630. The zero-order chi connectivity index (χ0) is 32.3. The van der Waals surface area contributed by atoms with Gasteiger partial charge >= 0.3 is 0 Å². The highest BCUT2D eigenvalue weighted by Gasteiger charge is 2.05. The van der Waals surface area contributed by atoms with Crippen LogP contribution in [0.5, 0.6) is 11.5 Å². The predicted molar refractivity (Wildman–Crippen MR) is 196 cm³/mol. The molecule has 45 heavy (non-hydrogen) atoms. The van der Waals surface area contributed by atoms with E-state index in [0.717, 1.165) is 39.3 Å². The lowest BCUT2D eigenvalue weighted by Crippen LogP contribution is -1.98. The Kier molecular flexibility index (Phi) is 15.5. The number of nitriles is 1. The molecule has 0 saturated heterocycles. The van der Waals surface area contributed by atoms with Gasteiger partial charge in [0.25, 0.3) is 0 Å². The number of nitrogens with zero attached hydrogens (tertiary/aromatic N) is 2. The van der Waals surface area contributed by atoms with Crippen molar-refractivity contribution in [2.45, 2.75) is 33.9 Å². The van der Waals surface area contributed by atoms with Crippen molar-refractivity contribution in [1.82, 2.24) is 0 Å². The van der Waals surface area contributed by atoms with E-state index in [4.69, 9.17) is 9.47 Å².